The largest absolute Gasteiger partial charge is 0.387 e. The van der Waals surface area contributed by atoms with Crippen LogP contribution in [0.15, 0.2) is 48.5 Å². The van der Waals surface area contributed by atoms with E-state index in [9.17, 15) is 18.7 Å². The molecule has 2 rings (SSSR count). The summed E-state index contributed by atoms with van der Waals surface area (Å²) in [5.74, 6) is -2.25. The van der Waals surface area contributed by atoms with Crippen molar-refractivity contribution in [2.45, 2.75) is 18.6 Å². The summed E-state index contributed by atoms with van der Waals surface area (Å²) in [5, 5.41) is 12.7. The SMILES string of the molecule is CN(C)[C@@H](Cc1ccccc1)C(=O)NC[C@H](O)c1ccc(F)c(F)c1. The van der Waals surface area contributed by atoms with E-state index in [-0.39, 0.29) is 18.0 Å². The predicted octanol–water partition coefficient (Wildman–Crippen LogP) is 2.29. The minimum absolute atomic E-state index is 0.0803. The molecule has 2 aromatic rings. The number of carbonyl (C=O) groups excluding carboxylic acids is 1. The summed E-state index contributed by atoms with van der Waals surface area (Å²) < 4.78 is 26.2. The second-order valence-electron chi connectivity index (χ2n) is 6.10. The van der Waals surface area contributed by atoms with Gasteiger partial charge in [-0.3, -0.25) is 9.69 Å². The molecular formula is C19H22F2N2O2. The highest BCUT2D eigenvalue weighted by Crippen LogP contribution is 2.16. The van der Waals surface area contributed by atoms with E-state index in [1.54, 1.807) is 19.0 Å². The number of aliphatic hydroxyl groups is 1. The Morgan fingerprint density at radius 1 is 1.12 bits per heavy atom. The Kier molecular flexibility index (Phi) is 6.61. The summed E-state index contributed by atoms with van der Waals surface area (Å²) >= 11 is 0. The Morgan fingerprint density at radius 3 is 2.40 bits per heavy atom. The minimum Gasteiger partial charge on any atom is -0.387 e. The van der Waals surface area contributed by atoms with Crippen molar-refractivity contribution in [1.82, 2.24) is 10.2 Å². The van der Waals surface area contributed by atoms with Gasteiger partial charge in [0.2, 0.25) is 5.91 Å². The average Bonchev–Trinajstić information content (AvgIpc) is 2.60. The van der Waals surface area contributed by atoms with Gasteiger partial charge in [0.05, 0.1) is 12.1 Å². The second kappa shape index (κ2) is 8.69. The standard InChI is InChI=1S/C19H22F2N2O2/c1-23(2)17(10-13-6-4-3-5-7-13)19(25)22-12-18(24)14-8-9-15(20)16(21)11-14/h3-9,11,17-18,24H,10,12H2,1-2H3,(H,22,25)/t17-,18-/m0/s1. The van der Waals surface area contributed by atoms with Gasteiger partial charge in [0.25, 0.3) is 0 Å². The van der Waals surface area contributed by atoms with E-state index in [0.29, 0.717) is 6.42 Å². The van der Waals surface area contributed by atoms with Crippen molar-refractivity contribution in [3.63, 3.8) is 0 Å². The van der Waals surface area contributed by atoms with Crippen LogP contribution in [-0.4, -0.2) is 42.6 Å². The fourth-order valence-corrected chi connectivity index (χ4v) is 2.50. The number of aliphatic hydroxyl groups excluding tert-OH is 1. The minimum atomic E-state index is -1.11. The average molecular weight is 348 g/mol. The lowest BCUT2D eigenvalue weighted by Crippen LogP contribution is -2.45. The van der Waals surface area contributed by atoms with Crippen molar-refractivity contribution in [3.05, 3.63) is 71.3 Å². The van der Waals surface area contributed by atoms with Gasteiger partial charge in [-0.25, -0.2) is 8.78 Å². The lowest BCUT2D eigenvalue weighted by Gasteiger charge is -2.24. The maximum Gasteiger partial charge on any atom is 0.237 e. The van der Waals surface area contributed by atoms with E-state index in [1.807, 2.05) is 30.3 Å². The molecule has 0 bridgehead atoms. The van der Waals surface area contributed by atoms with Crippen molar-refractivity contribution in [3.8, 4) is 0 Å². The molecule has 2 aromatic carbocycles. The summed E-state index contributed by atoms with van der Waals surface area (Å²) in [7, 11) is 3.61. The highest BCUT2D eigenvalue weighted by atomic mass is 19.2. The van der Waals surface area contributed by atoms with Gasteiger partial charge < -0.3 is 10.4 Å². The molecule has 0 radical (unpaired) electrons. The molecule has 134 valence electrons. The van der Waals surface area contributed by atoms with Gasteiger partial charge in [-0.15, -0.1) is 0 Å². The maximum atomic E-state index is 13.2. The van der Waals surface area contributed by atoms with Crippen LogP contribution in [0.4, 0.5) is 8.78 Å². The summed E-state index contributed by atoms with van der Waals surface area (Å²) in [6, 6.07) is 12.4. The van der Waals surface area contributed by atoms with Gasteiger partial charge in [-0.2, -0.15) is 0 Å². The monoisotopic (exact) mass is 348 g/mol. The van der Waals surface area contributed by atoms with Crippen LogP contribution >= 0.6 is 0 Å². The van der Waals surface area contributed by atoms with Gasteiger partial charge in [0.15, 0.2) is 11.6 Å². The first-order chi connectivity index (χ1) is 11.9. The Bertz CT molecular complexity index is 708. The fourth-order valence-electron chi connectivity index (χ4n) is 2.50. The van der Waals surface area contributed by atoms with Crippen LogP contribution in [0.2, 0.25) is 0 Å². The Hall–Kier alpha value is -2.31. The number of carbonyl (C=O) groups is 1. The molecule has 0 aliphatic heterocycles. The number of benzene rings is 2. The zero-order chi connectivity index (χ0) is 18.4. The molecule has 0 heterocycles. The van der Waals surface area contributed by atoms with Crippen molar-refractivity contribution in [2.24, 2.45) is 0 Å². The number of amides is 1. The molecule has 0 fully saturated rings. The van der Waals surface area contributed by atoms with E-state index in [4.69, 9.17) is 0 Å². The molecule has 6 heteroatoms. The fraction of sp³-hybridized carbons (Fsp3) is 0.316. The van der Waals surface area contributed by atoms with Crippen molar-refractivity contribution < 1.29 is 18.7 Å². The molecule has 0 aromatic heterocycles. The summed E-state index contributed by atoms with van der Waals surface area (Å²) in [4.78, 5) is 14.2. The van der Waals surface area contributed by atoms with E-state index < -0.39 is 23.8 Å². The van der Waals surface area contributed by atoms with Crippen LogP contribution in [0.1, 0.15) is 17.2 Å². The first-order valence-electron chi connectivity index (χ1n) is 7.99. The van der Waals surface area contributed by atoms with Gasteiger partial charge in [-0.05, 0) is 43.8 Å². The zero-order valence-electron chi connectivity index (χ0n) is 14.2. The molecule has 1 amide bonds. The number of rotatable bonds is 7. The van der Waals surface area contributed by atoms with Crippen LogP contribution < -0.4 is 5.32 Å². The smallest absolute Gasteiger partial charge is 0.237 e. The van der Waals surface area contributed by atoms with E-state index in [2.05, 4.69) is 5.32 Å². The van der Waals surface area contributed by atoms with Crippen molar-refractivity contribution in [2.75, 3.05) is 20.6 Å². The number of hydrogen-bond acceptors (Lipinski definition) is 3. The van der Waals surface area contributed by atoms with E-state index in [0.717, 1.165) is 17.7 Å². The third kappa shape index (κ3) is 5.34. The molecule has 0 saturated heterocycles. The van der Waals surface area contributed by atoms with Crippen LogP contribution in [0.3, 0.4) is 0 Å². The molecule has 2 N–H and O–H groups in total. The molecule has 4 nitrogen and oxygen atoms in total. The molecule has 0 spiro atoms. The molecule has 0 unspecified atom stereocenters. The number of nitrogens with zero attached hydrogens (tertiary/aromatic N) is 1. The topological polar surface area (TPSA) is 52.6 Å². The number of hydrogen-bond donors (Lipinski definition) is 2. The summed E-state index contributed by atoms with van der Waals surface area (Å²) in [5.41, 5.74) is 1.24. The lowest BCUT2D eigenvalue weighted by molar-refractivity contribution is -0.126. The highest BCUT2D eigenvalue weighted by Gasteiger charge is 2.22. The van der Waals surface area contributed by atoms with Crippen LogP contribution in [0.25, 0.3) is 0 Å². The number of nitrogens with one attached hydrogen (secondary N) is 1. The first-order valence-corrected chi connectivity index (χ1v) is 7.99. The maximum absolute atomic E-state index is 13.2. The first kappa shape index (κ1) is 19.0. The quantitative estimate of drug-likeness (QED) is 0.807. The van der Waals surface area contributed by atoms with Gasteiger partial charge in [-0.1, -0.05) is 36.4 Å². The normalized spacial score (nSPS) is 13.5. The van der Waals surface area contributed by atoms with Gasteiger partial charge in [0.1, 0.15) is 0 Å². The molecule has 0 aliphatic rings. The summed E-state index contributed by atoms with van der Waals surface area (Å²) in [6.07, 6.45) is -0.584. The number of halogens is 2. The van der Waals surface area contributed by atoms with E-state index >= 15 is 0 Å². The Balaban J connectivity index is 1.97. The van der Waals surface area contributed by atoms with Crippen molar-refractivity contribution in [1.29, 1.82) is 0 Å². The van der Waals surface area contributed by atoms with Gasteiger partial charge in [0, 0.05) is 6.54 Å². The second-order valence-corrected chi connectivity index (χ2v) is 6.10. The zero-order valence-corrected chi connectivity index (χ0v) is 14.2. The molecular weight excluding hydrogens is 326 g/mol. The van der Waals surface area contributed by atoms with Crippen LogP contribution in [-0.2, 0) is 11.2 Å². The van der Waals surface area contributed by atoms with Crippen LogP contribution in [0, 0.1) is 11.6 Å². The Labute approximate surface area is 146 Å². The molecule has 2 atom stereocenters. The van der Waals surface area contributed by atoms with Crippen molar-refractivity contribution >= 4 is 5.91 Å². The van der Waals surface area contributed by atoms with Crippen LogP contribution in [0.5, 0.6) is 0 Å². The third-order valence-corrected chi connectivity index (χ3v) is 4.00. The Morgan fingerprint density at radius 2 is 1.80 bits per heavy atom. The lowest BCUT2D eigenvalue weighted by atomic mass is 10.0. The molecule has 0 aliphatic carbocycles. The molecule has 0 saturated carbocycles. The summed E-state index contributed by atoms with van der Waals surface area (Å²) in [6.45, 7) is -0.0803. The third-order valence-electron chi connectivity index (χ3n) is 4.00. The molecule has 25 heavy (non-hydrogen) atoms. The highest BCUT2D eigenvalue weighted by molar-refractivity contribution is 5.82. The van der Waals surface area contributed by atoms with Gasteiger partial charge >= 0.3 is 0 Å². The number of likely N-dealkylation sites (N-methyl/N-ethyl adjacent to an activating group) is 1. The van der Waals surface area contributed by atoms with E-state index in [1.165, 1.54) is 6.07 Å². The predicted molar refractivity (Wildman–Crippen MR) is 91.9 cm³/mol.